The van der Waals surface area contributed by atoms with Crippen molar-refractivity contribution in [2.45, 2.75) is 0 Å². The molecular weight excluding hydrogens is 414 g/mol. The molecule has 4 aromatic heterocycles. The molecule has 1 aliphatic rings. The molecule has 0 spiro atoms. The first kappa shape index (κ1) is 19.5. The van der Waals surface area contributed by atoms with Crippen LogP contribution in [0.4, 0.5) is 5.82 Å². The maximum Gasteiger partial charge on any atom is 0.253 e. The zero-order chi connectivity index (χ0) is 22.4. The molecule has 1 fully saturated rings. The quantitative estimate of drug-likeness (QED) is 0.402. The molecule has 5 heterocycles. The van der Waals surface area contributed by atoms with Crippen LogP contribution in [0.25, 0.3) is 39.1 Å². The van der Waals surface area contributed by atoms with Crippen molar-refractivity contribution in [3.8, 4) is 22.4 Å². The molecule has 1 amide bonds. The number of H-pyrrole nitrogens is 1. The molecule has 8 heteroatoms. The number of anilines is 1. The second kappa shape index (κ2) is 7.75. The van der Waals surface area contributed by atoms with Gasteiger partial charge >= 0.3 is 0 Å². The van der Waals surface area contributed by atoms with Gasteiger partial charge in [0.2, 0.25) is 0 Å². The van der Waals surface area contributed by atoms with E-state index in [0.29, 0.717) is 11.4 Å². The van der Waals surface area contributed by atoms with Crippen LogP contribution >= 0.6 is 0 Å². The lowest BCUT2D eigenvalue weighted by molar-refractivity contribution is 0.0736. The van der Waals surface area contributed by atoms with Gasteiger partial charge in [0.15, 0.2) is 0 Å². The fraction of sp³-hybridized carbons (Fsp3) is 0.160. The van der Waals surface area contributed by atoms with E-state index in [-0.39, 0.29) is 5.91 Å². The third kappa shape index (κ3) is 3.41. The monoisotopic (exact) mass is 437 g/mol. The van der Waals surface area contributed by atoms with Crippen molar-refractivity contribution >= 4 is 28.4 Å². The first-order chi connectivity index (χ1) is 16.2. The van der Waals surface area contributed by atoms with Gasteiger partial charge in [0.05, 0.1) is 11.9 Å². The second-order valence-electron chi connectivity index (χ2n) is 8.24. The molecule has 6 rings (SSSR count). The molecule has 0 aliphatic carbocycles. The van der Waals surface area contributed by atoms with Crippen molar-refractivity contribution in [2.24, 2.45) is 0 Å². The maximum absolute atomic E-state index is 12.8. The van der Waals surface area contributed by atoms with Crippen molar-refractivity contribution < 1.29 is 4.79 Å². The standard InChI is InChI=1S/C25H23N7O/c26-22-13-20(19-7-8-28-24(19)30-22)21-14-29-23-6-5-18(15-32(21)23)16-1-3-17(4-2-16)25(33)31-11-9-27-10-12-31/h1-8,13-15,27H,9-12H2,(H3,26,28,30). The molecule has 1 saturated heterocycles. The van der Waals surface area contributed by atoms with Crippen molar-refractivity contribution in [3.05, 3.63) is 72.7 Å². The SMILES string of the molecule is Nc1cc(-c2cnc3ccc(-c4ccc(C(=O)N5CCNCC5)cc4)cn23)c2cc[nH]c2n1. The fourth-order valence-corrected chi connectivity index (χ4v) is 4.48. The Labute approximate surface area is 190 Å². The van der Waals surface area contributed by atoms with Crippen LogP contribution in [0.5, 0.6) is 0 Å². The summed E-state index contributed by atoms with van der Waals surface area (Å²) in [7, 11) is 0. The molecule has 1 aromatic carbocycles. The molecule has 4 N–H and O–H groups in total. The minimum Gasteiger partial charge on any atom is -0.384 e. The first-order valence-electron chi connectivity index (χ1n) is 11.0. The average molecular weight is 438 g/mol. The molecule has 1 aliphatic heterocycles. The van der Waals surface area contributed by atoms with E-state index in [1.54, 1.807) is 0 Å². The highest BCUT2D eigenvalue weighted by Crippen LogP contribution is 2.31. The van der Waals surface area contributed by atoms with E-state index in [0.717, 1.165) is 65.2 Å². The van der Waals surface area contributed by atoms with Crippen molar-refractivity contribution in [1.82, 2.24) is 29.6 Å². The Balaban J connectivity index is 1.37. The smallest absolute Gasteiger partial charge is 0.253 e. The molecule has 8 nitrogen and oxygen atoms in total. The van der Waals surface area contributed by atoms with E-state index < -0.39 is 0 Å². The number of fused-ring (bicyclic) bond motifs is 2. The summed E-state index contributed by atoms with van der Waals surface area (Å²) < 4.78 is 2.07. The highest BCUT2D eigenvalue weighted by molar-refractivity contribution is 5.95. The number of rotatable bonds is 3. The average Bonchev–Trinajstić information content (AvgIpc) is 3.50. The van der Waals surface area contributed by atoms with Gasteiger partial charge in [-0.3, -0.25) is 9.20 Å². The van der Waals surface area contributed by atoms with E-state index in [1.165, 1.54) is 0 Å². The molecule has 33 heavy (non-hydrogen) atoms. The van der Waals surface area contributed by atoms with Crippen molar-refractivity contribution in [1.29, 1.82) is 0 Å². The Hall–Kier alpha value is -4.17. The summed E-state index contributed by atoms with van der Waals surface area (Å²) in [6.45, 7) is 3.17. The lowest BCUT2D eigenvalue weighted by Crippen LogP contribution is -2.46. The molecule has 0 radical (unpaired) electrons. The number of nitrogens with zero attached hydrogens (tertiary/aromatic N) is 4. The zero-order valence-electron chi connectivity index (χ0n) is 18.0. The number of hydrogen-bond donors (Lipinski definition) is 3. The Morgan fingerprint density at radius 2 is 1.79 bits per heavy atom. The van der Waals surface area contributed by atoms with Crippen LogP contribution in [0.3, 0.4) is 0 Å². The van der Waals surface area contributed by atoms with Gasteiger partial charge in [-0.15, -0.1) is 0 Å². The molecule has 0 unspecified atom stereocenters. The Kier molecular flexibility index (Phi) is 4.58. The van der Waals surface area contributed by atoms with E-state index in [1.807, 2.05) is 65.8 Å². The number of nitrogens with one attached hydrogen (secondary N) is 2. The summed E-state index contributed by atoms with van der Waals surface area (Å²) in [5.41, 5.74) is 12.4. The summed E-state index contributed by atoms with van der Waals surface area (Å²) in [6, 6.07) is 15.7. The van der Waals surface area contributed by atoms with Crippen LogP contribution in [0, 0.1) is 0 Å². The number of aromatic nitrogens is 4. The number of pyridine rings is 2. The molecule has 0 saturated carbocycles. The predicted molar refractivity (Wildman–Crippen MR) is 129 cm³/mol. The lowest BCUT2D eigenvalue weighted by Gasteiger charge is -2.27. The Bertz CT molecular complexity index is 1480. The predicted octanol–water partition coefficient (Wildman–Crippen LogP) is 3.17. The van der Waals surface area contributed by atoms with Gasteiger partial charge in [0.1, 0.15) is 17.1 Å². The number of nitrogens with two attached hydrogens (primary N) is 1. The van der Waals surface area contributed by atoms with Crippen LogP contribution in [-0.4, -0.2) is 56.3 Å². The van der Waals surface area contributed by atoms with Crippen molar-refractivity contribution in [3.63, 3.8) is 0 Å². The normalized spacial score (nSPS) is 14.2. The fourth-order valence-electron chi connectivity index (χ4n) is 4.48. The summed E-state index contributed by atoms with van der Waals surface area (Å²) in [4.78, 5) is 26.7. The molecule has 5 aromatic rings. The number of hydrogen-bond acceptors (Lipinski definition) is 5. The third-order valence-corrected chi connectivity index (χ3v) is 6.20. The van der Waals surface area contributed by atoms with Crippen molar-refractivity contribution in [2.75, 3.05) is 31.9 Å². The van der Waals surface area contributed by atoms with Gasteiger partial charge < -0.3 is 20.9 Å². The van der Waals surface area contributed by atoms with Crippen LogP contribution < -0.4 is 11.1 Å². The summed E-state index contributed by atoms with van der Waals surface area (Å²) in [5.74, 6) is 0.539. The van der Waals surface area contributed by atoms with Crippen LogP contribution in [0.2, 0.25) is 0 Å². The van der Waals surface area contributed by atoms with Crippen LogP contribution in [0.1, 0.15) is 10.4 Å². The minimum atomic E-state index is 0.0844. The maximum atomic E-state index is 12.8. The van der Waals surface area contributed by atoms with Gasteiger partial charge in [-0.25, -0.2) is 9.97 Å². The van der Waals surface area contributed by atoms with Gasteiger partial charge in [-0.1, -0.05) is 12.1 Å². The first-order valence-corrected chi connectivity index (χ1v) is 11.0. The Morgan fingerprint density at radius 3 is 2.61 bits per heavy atom. The number of aromatic amines is 1. The molecule has 0 atom stereocenters. The van der Waals surface area contributed by atoms with Crippen LogP contribution in [-0.2, 0) is 0 Å². The number of carbonyl (C=O) groups excluding carboxylic acids is 1. The number of amides is 1. The molecular formula is C25H23N7O. The van der Waals surface area contributed by atoms with E-state index in [9.17, 15) is 4.79 Å². The van der Waals surface area contributed by atoms with Gasteiger partial charge in [0, 0.05) is 55.1 Å². The Morgan fingerprint density at radius 1 is 1.00 bits per heavy atom. The number of benzene rings is 1. The zero-order valence-corrected chi connectivity index (χ0v) is 18.0. The minimum absolute atomic E-state index is 0.0844. The van der Waals surface area contributed by atoms with E-state index in [4.69, 9.17) is 5.73 Å². The summed E-state index contributed by atoms with van der Waals surface area (Å²) >= 11 is 0. The lowest BCUT2D eigenvalue weighted by atomic mass is 10.0. The van der Waals surface area contributed by atoms with E-state index >= 15 is 0 Å². The summed E-state index contributed by atoms with van der Waals surface area (Å²) in [6.07, 6.45) is 5.79. The number of piperazine rings is 1. The largest absolute Gasteiger partial charge is 0.384 e. The number of imidazole rings is 1. The molecule has 164 valence electrons. The van der Waals surface area contributed by atoms with E-state index in [2.05, 4.69) is 30.9 Å². The third-order valence-electron chi connectivity index (χ3n) is 6.20. The van der Waals surface area contributed by atoms with Gasteiger partial charge in [-0.2, -0.15) is 0 Å². The number of nitrogen functional groups attached to an aromatic ring is 1. The second-order valence-corrected chi connectivity index (χ2v) is 8.24. The number of carbonyl (C=O) groups is 1. The highest BCUT2D eigenvalue weighted by Gasteiger charge is 2.18. The summed E-state index contributed by atoms with van der Waals surface area (Å²) in [5, 5.41) is 4.27. The van der Waals surface area contributed by atoms with Gasteiger partial charge in [-0.05, 0) is 47.5 Å². The van der Waals surface area contributed by atoms with Gasteiger partial charge in [0.25, 0.3) is 5.91 Å². The highest BCUT2D eigenvalue weighted by atomic mass is 16.2. The molecule has 0 bridgehead atoms. The topological polar surface area (TPSA) is 104 Å². The van der Waals surface area contributed by atoms with Crippen LogP contribution in [0.15, 0.2) is 67.1 Å².